The quantitative estimate of drug-likeness (QED) is 0.500. The number of halogens is 1. The molecular weight excluding hydrogens is 423 g/mol. The van der Waals surface area contributed by atoms with Crippen LogP contribution in [0, 0.1) is 12.7 Å². The van der Waals surface area contributed by atoms with Gasteiger partial charge in [0.05, 0.1) is 34.0 Å². The van der Waals surface area contributed by atoms with Crippen LogP contribution in [0.3, 0.4) is 0 Å². The molecule has 1 amide bonds. The van der Waals surface area contributed by atoms with Crippen LogP contribution >= 0.6 is 23.1 Å². The third kappa shape index (κ3) is 3.23. The van der Waals surface area contributed by atoms with Crippen molar-refractivity contribution in [3.8, 4) is 10.9 Å². The van der Waals surface area contributed by atoms with E-state index in [4.69, 9.17) is 14.8 Å². The molecule has 0 unspecified atom stereocenters. The highest BCUT2D eigenvalue weighted by Crippen LogP contribution is 2.44. The van der Waals surface area contributed by atoms with Crippen LogP contribution in [0.1, 0.15) is 22.1 Å². The Morgan fingerprint density at radius 3 is 2.80 bits per heavy atom. The summed E-state index contributed by atoms with van der Waals surface area (Å²) in [6.07, 6.45) is 0. The Kier molecular flexibility index (Phi) is 4.71. The van der Waals surface area contributed by atoms with Gasteiger partial charge in [-0.15, -0.1) is 11.8 Å². The molecule has 1 atom stereocenters. The summed E-state index contributed by atoms with van der Waals surface area (Å²) in [4.78, 5) is 17.2. The minimum atomic E-state index is -0.288. The first-order chi connectivity index (χ1) is 14.5. The maximum Gasteiger partial charge on any atom is 0.235 e. The SMILES string of the molecule is COc1ccc2nc(-n3nc(C)c4c3NC(=O)CS[C@H]4c3ccc(F)cc3)sc2c1. The Labute approximate surface area is 180 Å². The number of hydrogen-bond donors (Lipinski definition) is 1. The van der Waals surface area contributed by atoms with Crippen molar-refractivity contribution in [2.45, 2.75) is 12.2 Å². The number of rotatable bonds is 3. The van der Waals surface area contributed by atoms with E-state index in [9.17, 15) is 9.18 Å². The number of thioether (sulfide) groups is 1. The summed E-state index contributed by atoms with van der Waals surface area (Å²) < 4.78 is 21.4. The van der Waals surface area contributed by atoms with E-state index in [0.29, 0.717) is 16.7 Å². The number of amides is 1. The van der Waals surface area contributed by atoms with Crippen LogP contribution in [-0.2, 0) is 4.79 Å². The van der Waals surface area contributed by atoms with Crippen LogP contribution in [0.4, 0.5) is 10.2 Å². The van der Waals surface area contributed by atoms with E-state index in [1.54, 1.807) is 23.9 Å². The van der Waals surface area contributed by atoms with E-state index in [0.717, 1.165) is 32.8 Å². The summed E-state index contributed by atoms with van der Waals surface area (Å²) in [6.45, 7) is 1.92. The van der Waals surface area contributed by atoms with Gasteiger partial charge in [-0.3, -0.25) is 4.79 Å². The number of aromatic nitrogens is 3. The van der Waals surface area contributed by atoms with Gasteiger partial charge in [0, 0.05) is 5.56 Å². The summed E-state index contributed by atoms with van der Waals surface area (Å²) >= 11 is 2.98. The maximum atomic E-state index is 13.4. The lowest BCUT2D eigenvalue weighted by Gasteiger charge is -2.15. The molecule has 2 aromatic heterocycles. The molecule has 0 aliphatic carbocycles. The van der Waals surface area contributed by atoms with Gasteiger partial charge in [-0.1, -0.05) is 23.5 Å². The number of aryl methyl sites for hydroxylation is 1. The molecule has 1 N–H and O–H groups in total. The molecule has 0 saturated carbocycles. The number of carbonyl (C=O) groups is 1. The van der Waals surface area contributed by atoms with Crippen molar-refractivity contribution in [3.63, 3.8) is 0 Å². The Bertz CT molecular complexity index is 1270. The number of nitrogens with zero attached hydrogens (tertiary/aromatic N) is 3. The van der Waals surface area contributed by atoms with E-state index in [1.807, 2.05) is 25.1 Å². The van der Waals surface area contributed by atoms with Gasteiger partial charge in [-0.25, -0.2) is 9.37 Å². The highest BCUT2D eigenvalue weighted by atomic mass is 32.2. The highest BCUT2D eigenvalue weighted by Gasteiger charge is 2.31. The minimum absolute atomic E-state index is 0.102. The van der Waals surface area contributed by atoms with Crippen molar-refractivity contribution in [2.75, 3.05) is 18.2 Å². The summed E-state index contributed by atoms with van der Waals surface area (Å²) in [5.41, 5.74) is 3.47. The topological polar surface area (TPSA) is 69.0 Å². The second kappa shape index (κ2) is 7.41. The summed E-state index contributed by atoms with van der Waals surface area (Å²) in [7, 11) is 1.63. The van der Waals surface area contributed by atoms with Crippen molar-refractivity contribution in [2.24, 2.45) is 0 Å². The minimum Gasteiger partial charge on any atom is -0.497 e. The van der Waals surface area contributed by atoms with Crippen LogP contribution in [0.25, 0.3) is 15.3 Å². The normalized spacial score (nSPS) is 16.2. The second-order valence-corrected chi connectivity index (χ2v) is 8.98. The van der Waals surface area contributed by atoms with Gasteiger partial charge >= 0.3 is 0 Å². The van der Waals surface area contributed by atoms with Gasteiger partial charge in [-0.2, -0.15) is 9.78 Å². The molecule has 0 bridgehead atoms. The van der Waals surface area contributed by atoms with E-state index in [1.165, 1.54) is 35.2 Å². The third-order valence-electron chi connectivity index (χ3n) is 4.95. The number of thiazole rings is 1. The van der Waals surface area contributed by atoms with Gasteiger partial charge in [0.1, 0.15) is 17.4 Å². The average Bonchev–Trinajstić information content (AvgIpc) is 3.24. The molecule has 152 valence electrons. The molecule has 1 aliphatic heterocycles. The van der Waals surface area contributed by atoms with Crippen LogP contribution in [0.2, 0.25) is 0 Å². The molecule has 4 aromatic rings. The van der Waals surface area contributed by atoms with Crippen LogP contribution in [-0.4, -0.2) is 33.5 Å². The lowest BCUT2D eigenvalue weighted by Crippen LogP contribution is -2.15. The predicted octanol–water partition coefficient (Wildman–Crippen LogP) is 4.71. The van der Waals surface area contributed by atoms with Crippen LogP contribution < -0.4 is 10.1 Å². The predicted molar refractivity (Wildman–Crippen MR) is 117 cm³/mol. The Morgan fingerprint density at radius 2 is 2.03 bits per heavy atom. The molecule has 5 rings (SSSR count). The van der Waals surface area contributed by atoms with Gasteiger partial charge in [0.15, 0.2) is 0 Å². The summed E-state index contributed by atoms with van der Waals surface area (Å²) in [5, 5.41) is 8.22. The van der Waals surface area contributed by atoms with Gasteiger partial charge < -0.3 is 10.1 Å². The fourth-order valence-electron chi connectivity index (χ4n) is 3.53. The highest BCUT2D eigenvalue weighted by molar-refractivity contribution is 8.00. The lowest BCUT2D eigenvalue weighted by molar-refractivity contribution is -0.113. The fraction of sp³-hybridized carbons (Fsp3) is 0.190. The van der Waals surface area contributed by atoms with Crippen molar-refractivity contribution in [1.82, 2.24) is 14.8 Å². The number of benzene rings is 2. The van der Waals surface area contributed by atoms with E-state index in [2.05, 4.69) is 5.32 Å². The zero-order chi connectivity index (χ0) is 20.8. The molecule has 1 aliphatic rings. The molecular formula is C21H17FN4O2S2. The maximum absolute atomic E-state index is 13.4. The number of ether oxygens (including phenoxy) is 1. The van der Waals surface area contributed by atoms with E-state index >= 15 is 0 Å². The number of methoxy groups -OCH3 is 1. The number of nitrogens with one attached hydrogen (secondary N) is 1. The van der Waals surface area contributed by atoms with Crippen molar-refractivity contribution in [1.29, 1.82) is 0 Å². The smallest absolute Gasteiger partial charge is 0.235 e. The first kappa shape index (κ1) is 19.1. The summed E-state index contributed by atoms with van der Waals surface area (Å²) in [6, 6.07) is 12.1. The fourth-order valence-corrected chi connectivity index (χ4v) is 5.67. The average molecular weight is 441 g/mol. The van der Waals surface area contributed by atoms with Crippen molar-refractivity contribution >= 4 is 45.0 Å². The van der Waals surface area contributed by atoms with Gasteiger partial charge in [0.2, 0.25) is 11.0 Å². The zero-order valence-electron chi connectivity index (χ0n) is 16.2. The molecule has 30 heavy (non-hydrogen) atoms. The number of hydrogen-bond acceptors (Lipinski definition) is 6. The van der Waals surface area contributed by atoms with E-state index in [-0.39, 0.29) is 17.0 Å². The summed E-state index contributed by atoms with van der Waals surface area (Å²) in [5.74, 6) is 1.28. The number of carbonyl (C=O) groups excluding carboxylic acids is 1. The van der Waals surface area contributed by atoms with Crippen molar-refractivity contribution in [3.05, 3.63) is 65.1 Å². The Balaban J connectivity index is 1.66. The van der Waals surface area contributed by atoms with Crippen LogP contribution in [0.5, 0.6) is 5.75 Å². The third-order valence-corrected chi connectivity index (χ3v) is 7.21. The molecule has 2 aromatic carbocycles. The molecule has 0 fully saturated rings. The van der Waals surface area contributed by atoms with Gasteiger partial charge in [0.25, 0.3) is 0 Å². The lowest BCUT2D eigenvalue weighted by atomic mass is 10.0. The number of anilines is 1. The first-order valence-electron chi connectivity index (χ1n) is 9.25. The van der Waals surface area contributed by atoms with Gasteiger partial charge in [-0.05, 0) is 42.8 Å². The molecule has 0 saturated heterocycles. The molecule has 0 spiro atoms. The number of fused-ring (bicyclic) bond motifs is 2. The first-order valence-corrected chi connectivity index (χ1v) is 11.1. The molecule has 0 radical (unpaired) electrons. The second-order valence-electron chi connectivity index (χ2n) is 6.88. The Morgan fingerprint density at radius 1 is 1.23 bits per heavy atom. The molecule has 9 heteroatoms. The molecule has 3 heterocycles. The monoisotopic (exact) mass is 440 g/mol. The zero-order valence-corrected chi connectivity index (χ0v) is 17.8. The standard InChI is InChI=1S/C21H17FN4O2S2/c1-11-18-19(12-3-5-13(22)6-4-12)29-10-17(27)24-20(18)26(25-11)21-23-15-8-7-14(28-2)9-16(15)30-21/h3-9,19H,10H2,1-2H3,(H,24,27)/t19-/m0/s1. The largest absolute Gasteiger partial charge is 0.497 e. The van der Waals surface area contributed by atoms with Crippen LogP contribution in [0.15, 0.2) is 42.5 Å². The molecule has 6 nitrogen and oxygen atoms in total. The van der Waals surface area contributed by atoms with Crippen molar-refractivity contribution < 1.29 is 13.9 Å². The van der Waals surface area contributed by atoms with E-state index < -0.39 is 0 Å². The Hall–Kier alpha value is -2.91.